The van der Waals surface area contributed by atoms with Crippen molar-refractivity contribution in [1.29, 1.82) is 0 Å². The molecule has 0 unspecified atom stereocenters. The highest BCUT2D eigenvalue weighted by Crippen LogP contribution is 2.15. The van der Waals surface area contributed by atoms with Gasteiger partial charge in [0.1, 0.15) is 0 Å². The molecule has 96 valence electrons. The molecule has 0 spiro atoms. The quantitative estimate of drug-likeness (QED) is 0.574. The van der Waals surface area contributed by atoms with Crippen LogP contribution in [0.25, 0.3) is 0 Å². The van der Waals surface area contributed by atoms with E-state index >= 15 is 0 Å². The first-order valence-corrected chi connectivity index (χ1v) is 6.03. The number of hydrogen-bond acceptors (Lipinski definition) is 8. The Labute approximate surface area is 106 Å². The minimum Gasteiger partial charge on any atom is -0.368 e. The number of hydrogen-bond donors (Lipinski definition) is 3. The monoisotopic (exact) mass is 269 g/mol. The molecule has 3 amide bonds. The van der Waals surface area contributed by atoms with Crippen LogP contribution in [0.3, 0.4) is 0 Å². The van der Waals surface area contributed by atoms with Crippen molar-refractivity contribution >= 4 is 35.6 Å². The van der Waals surface area contributed by atoms with Gasteiger partial charge in [-0.1, -0.05) is 11.8 Å². The zero-order valence-corrected chi connectivity index (χ0v) is 10.1. The van der Waals surface area contributed by atoms with Gasteiger partial charge in [0.15, 0.2) is 5.16 Å². The fourth-order valence-electron chi connectivity index (χ4n) is 1.37. The van der Waals surface area contributed by atoms with Crippen molar-refractivity contribution in [3.05, 3.63) is 0 Å². The maximum absolute atomic E-state index is 11.7. The molecule has 0 saturated carbocycles. The van der Waals surface area contributed by atoms with Crippen molar-refractivity contribution < 1.29 is 9.59 Å². The van der Waals surface area contributed by atoms with Gasteiger partial charge < -0.3 is 16.8 Å². The second kappa shape index (κ2) is 5.04. The number of imide groups is 1. The summed E-state index contributed by atoms with van der Waals surface area (Å²) in [6.45, 7) is 0.848. The Morgan fingerprint density at radius 2 is 2.00 bits per heavy atom. The highest BCUT2D eigenvalue weighted by molar-refractivity contribution is 7.99. The summed E-state index contributed by atoms with van der Waals surface area (Å²) < 4.78 is 0. The van der Waals surface area contributed by atoms with Gasteiger partial charge in [0, 0.05) is 13.1 Å². The van der Waals surface area contributed by atoms with Crippen LogP contribution in [0.15, 0.2) is 5.16 Å². The standard InChI is InChI=1S/C8H11N7O2S/c9-5-12-6(10)14-7(13-5)18-3-4(16)15-2-1-11-8(15)17/h1-3H2,(H,11,17)(H4,9,10,12,13,14). The van der Waals surface area contributed by atoms with E-state index in [1.807, 2.05) is 0 Å². The van der Waals surface area contributed by atoms with E-state index in [-0.39, 0.29) is 34.7 Å². The number of rotatable bonds is 3. The second-order valence-electron chi connectivity index (χ2n) is 3.40. The van der Waals surface area contributed by atoms with Crippen molar-refractivity contribution in [3.63, 3.8) is 0 Å². The number of nitrogens with two attached hydrogens (primary N) is 2. The summed E-state index contributed by atoms with van der Waals surface area (Å²) in [5, 5.41) is 2.80. The fourth-order valence-corrected chi connectivity index (χ4v) is 2.09. The van der Waals surface area contributed by atoms with E-state index in [2.05, 4.69) is 20.3 Å². The zero-order valence-electron chi connectivity index (χ0n) is 9.29. The summed E-state index contributed by atoms with van der Waals surface area (Å²) in [5.41, 5.74) is 10.8. The molecule has 0 atom stereocenters. The Morgan fingerprint density at radius 1 is 1.33 bits per heavy atom. The summed E-state index contributed by atoms with van der Waals surface area (Å²) in [6, 6.07) is -0.379. The number of urea groups is 1. The van der Waals surface area contributed by atoms with Crippen LogP contribution in [-0.2, 0) is 4.79 Å². The van der Waals surface area contributed by atoms with Gasteiger partial charge in [-0.15, -0.1) is 0 Å². The molecule has 0 radical (unpaired) electrons. The van der Waals surface area contributed by atoms with Crippen molar-refractivity contribution in [2.24, 2.45) is 0 Å². The van der Waals surface area contributed by atoms with Gasteiger partial charge in [-0.3, -0.25) is 9.69 Å². The van der Waals surface area contributed by atoms with Gasteiger partial charge in [-0.25, -0.2) is 4.79 Å². The van der Waals surface area contributed by atoms with E-state index in [9.17, 15) is 9.59 Å². The average Bonchev–Trinajstić information content (AvgIpc) is 2.71. The van der Waals surface area contributed by atoms with Crippen LogP contribution < -0.4 is 16.8 Å². The molecule has 18 heavy (non-hydrogen) atoms. The lowest BCUT2D eigenvalue weighted by Gasteiger charge is -2.11. The normalized spacial score (nSPS) is 14.7. The highest BCUT2D eigenvalue weighted by Gasteiger charge is 2.26. The molecule has 1 fully saturated rings. The molecule has 9 nitrogen and oxygen atoms in total. The Morgan fingerprint density at radius 3 is 2.56 bits per heavy atom. The molecule has 0 aliphatic carbocycles. The van der Waals surface area contributed by atoms with Gasteiger partial charge >= 0.3 is 6.03 Å². The van der Waals surface area contributed by atoms with Gasteiger partial charge in [-0.2, -0.15) is 15.0 Å². The topological polar surface area (TPSA) is 140 Å². The number of anilines is 2. The molecular formula is C8H11N7O2S. The molecule has 1 aromatic heterocycles. The molecule has 10 heteroatoms. The van der Waals surface area contributed by atoms with Crippen molar-refractivity contribution in [2.45, 2.75) is 5.16 Å². The van der Waals surface area contributed by atoms with Crippen molar-refractivity contribution in [1.82, 2.24) is 25.2 Å². The predicted molar refractivity (Wildman–Crippen MR) is 64.5 cm³/mol. The van der Waals surface area contributed by atoms with E-state index < -0.39 is 0 Å². The minimum atomic E-state index is -0.379. The third kappa shape index (κ3) is 2.77. The SMILES string of the molecule is Nc1nc(N)nc(SCC(=O)N2CCNC2=O)n1. The number of carbonyl (C=O) groups is 2. The minimum absolute atomic E-state index is 0.00337. The molecule has 1 aliphatic heterocycles. The van der Waals surface area contributed by atoms with Crippen LogP contribution in [0, 0.1) is 0 Å². The number of nitrogens with zero attached hydrogens (tertiary/aromatic N) is 4. The number of nitrogens with one attached hydrogen (secondary N) is 1. The predicted octanol–water partition coefficient (Wildman–Crippen LogP) is -1.32. The Kier molecular flexibility index (Phi) is 3.46. The lowest BCUT2D eigenvalue weighted by Crippen LogP contribution is -2.35. The summed E-state index contributed by atoms with van der Waals surface area (Å²) in [6.07, 6.45) is 0. The first-order valence-electron chi connectivity index (χ1n) is 5.04. The molecular weight excluding hydrogens is 258 g/mol. The Hall–Kier alpha value is -2.10. The number of amides is 3. The van der Waals surface area contributed by atoms with Crippen LogP contribution in [0.4, 0.5) is 16.7 Å². The number of carbonyl (C=O) groups excluding carboxylic acids is 2. The lowest BCUT2D eigenvalue weighted by atomic mass is 10.5. The highest BCUT2D eigenvalue weighted by atomic mass is 32.2. The maximum Gasteiger partial charge on any atom is 0.324 e. The van der Waals surface area contributed by atoms with Crippen molar-refractivity contribution in [2.75, 3.05) is 30.3 Å². The zero-order chi connectivity index (χ0) is 13.1. The largest absolute Gasteiger partial charge is 0.368 e. The van der Waals surface area contributed by atoms with Gasteiger partial charge in [0.25, 0.3) is 0 Å². The number of nitrogen functional groups attached to an aromatic ring is 2. The van der Waals surface area contributed by atoms with E-state index in [0.29, 0.717) is 13.1 Å². The smallest absolute Gasteiger partial charge is 0.324 e. The molecule has 0 aromatic carbocycles. The lowest BCUT2D eigenvalue weighted by molar-refractivity contribution is -0.124. The number of thioether (sulfide) groups is 1. The summed E-state index contributed by atoms with van der Waals surface area (Å²) in [7, 11) is 0. The molecule has 5 N–H and O–H groups in total. The molecule has 2 rings (SSSR count). The fraction of sp³-hybridized carbons (Fsp3) is 0.375. The van der Waals surface area contributed by atoms with Crippen LogP contribution in [-0.4, -0.2) is 50.6 Å². The maximum atomic E-state index is 11.7. The molecule has 0 bridgehead atoms. The van der Waals surface area contributed by atoms with Crippen LogP contribution in [0.1, 0.15) is 0 Å². The molecule has 1 aromatic rings. The van der Waals surface area contributed by atoms with Gasteiger partial charge in [-0.05, 0) is 0 Å². The summed E-state index contributed by atoms with van der Waals surface area (Å²) in [5.74, 6) is -0.281. The summed E-state index contributed by atoms with van der Waals surface area (Å²) in [4.78, 5) is 35.3. The van der Waals surface area contributed by atoms with Crippen LogP contribution in [0.5, 0.6) is 0 Å². The van der Waals surface area contributed by atoms with Crippen molar-refractivity contribution in [3.8, 4) is 0 Å². The number of aromatic nitrogens is 3. The van der Waals surface area contributed by atoms with Crippen LogP contribution >= 0.6 is 11.8 Å². The average molecular weight is 269 g/mol. The van der Waals surface area contributed by atoms with Gasteiger partial charge in [0.2, 0.25) is 17.8 Å². The Bertz CT molecular complexity index is 474. The third-order valence-electron chi connectivity index (χ3n) is 2.13. The van der Waals surface area contributed by atoms with E-state index in [0.717, 1.165) is 16.7 Å². The third-order valence-corrected chi connectivity index (χ3v) is 2.96. The molecule has 1 saturated heterocycles. The summed E-state index contributed by atoms with van der Waals surface area (Å²) >= 11 is 1.05. The first-order chi connectivity index (χ1) is 8.56. The molecule has 2 heterocycles. The van der Waals surface area contributed by atoms with E-state index in [4.69, 9.17) is 11.5 Å². The van der Waals surface area contributed by atoms with E-state index in [1.54, 1.807) is 0 Å². The van der Waals surface area contributed by atoms with E-state index in [1.165, 1.54) is 0 Å². The molecule has 1 aliphatic rings. The first kappa shape index (κ1) is 12.4. The van der Waals surface area contributed by atoms with Crippen LogP contribution in [0.2, 0.25) is 0 Å². The second-order valence-corrected chi connectivity index (χ2v) is 4.34. The Balaban J connectivity index is 1.95. The van der Waals surface area contributed by atoms with Gasteiger partial charge in [0.05, 0.1) is 5.75 Å².